The van der Waals surface area contributed by atoms with Crippen LogP contribution in [0, 0.1) is 0 Å². The Hall–Kier alpha value is -0.930. The lowest BCUT2D eigenvalue weighted by molar-refractivity contribution is 0.297. The molecule has 0 radical (unpaired) electrons. The molecule has 1 aliphatic rings. The molecule has 1 aromatic rings. The molecule has 15 heavy (non-hydrogen) atoms. The van der Waals surface area contributed by atoms with Gasteiger partial charge < -0.3 is 15.2 Å². The Morgan fingerprint density at radius 2 is 1.87 bits per heavy atom. The minimum atomic E-state index is 0.583. The molecule has 0 amide bonds. The van der Waals surface area contributed by atoms with Gasteiger partial charge in [-0.1, -0.05) is 11.6 Å². The van der Waals surface area contributed by atoms with Crippen LogP contribution in [0.5, 0.6) is 11.5 Å². The minimum Gasteiger partial charge on any atom is -0.490 e. The molecule has 82 valence electrons. The van der Waals surface area contributed by atoms with E-state index in [-0.39, 0.29) is 0 Å². The fourth-order valence-corrected chi connectivity index (χ4v) is 1.82. The molecule has 0 fully saturated rings. The van der Waals surface area contributed by atoms with Crippen molar-refractivity contribution in [3.8, 4) is 11.5 Å². The van der Waals surface area contributed by atoms with E-state index in [1.54, 1.807) is 0 Å². The number of halogens is 1. The molecular weight excluding hydrogens is 214 g/mol. The molecule has 2 rings (SSSR count). The Bertz CT molecular complexity index is 355. The summed E-state index contributed by atoms with van der Waals surface area (Å²) >= 11 is 6.10. The number of benzene rings is 1. The Kier molecular flexibility index (Phi) is 3.34. The van der Waals surface area contributed by atoms with Crippen LogP contribution in [-0.2, 0) is 6.42 Å². The largest absolute Gasteiger partial charge is 0.490 e. The van der Waals surface area contributed by atoms with E-state index in [1.165, 1.54) is 0 Å². The lowest BCUT2D eigenvalue weighted by atomic mass is 10.1. The highest BCUT2D eigenvalue weighted by Gasteiger charge is 2.13. The molecule has 2 N–H and O–H groups in total. The van der Waals surface area contributed by atoms with Crippen molar-refractivity contribution >= 4 is 11.6 Å². The van der Waals surface area contributed by atoms with Gasteiger partial charge in [0.2, 0.25) is 0 Å². The highest BCUT2D eigenvalue weighted by atomic mass is 35.5. The molecule has 0 aromatic heterocycles. The first-order valence-corrected chi connectivity index (χ1v) is 5.47. The summed E-state index contributed by atoms with van der Waals surface area (Å²) in [5, 5.41) is 0.699. The molecule has 4 heteroatoms. The van der Waals surface area contributed by atoms with Gasteiger partial charge in [-0.2, -0.15) is 0 Å². The summed E-state index contributed by atoms with van der Waals surface area (Å²) < 4.78 is 11.1. The summed E-state index contributed by atoms with van der Waals surface area (Å²) in [5.74, 6) is 1.51. The summed E-state index contributed by atoms with van der Waals surface area (Å²) in [5.41, 5.74) is 6.52. The number of hydrogen-bond acceptors (Lipinski definition) is 3. The van der Waals surface area contributed by atoms with E-state index < -0.39 is 0 Å². The first-order valence-electron chi connectivity index (χ1n) is 5.09. The van der Waals surface area contributed by atoms with Gasteiger partial charge in [-0.25, -0.2) is 0 Å². The second-order valence-corrected chi connectivity index (χ2v) is 3.89. The molecule has 1 heterocycles. The smallest absolute Gasteiger partial charge is 0.162 e. The lowest BCUT2D eigenvalue weighted by Crippen LogP contribution is -2.04. The third kappa shape index (κ3) is 2.36. The van der Waals surface area contributed by atoms with Crippen molar-refractivity contribution in [1.29, 1.82) is 0 Å². The van der Waals surface area contributed by atoms with Crippen molar-refractivity contribution in [3.63, 3.8) is 0 Å². The van der Waals surface area contributed by atoms with Crippen molar-refractivity contribution in [2.45, 2.75) is 12.8 Å². The SMILES string of the molecule is NCCc1cc2c(cc1Cl)OCCCO2. The molecule has 0 bridgehead atoms. The topological polar surface area (TPSA) is 44.5 Å². The van der Waals surface area contributed by atoms with Crippen molar-refractivity contribution in [3.05, 3.63) is 22.7 Å². The van der Waals surface area contributed by atoms with Gasteiger partial charge in [-0.15, -0.1) is 0 Å². The number of nitrogens with two attached hydrogens (primary N) is 1. The molecule has 0 atom stereocenters. The second-order valence-electron chi connectivity index (χ2n) is 3.48. The highest BCUT2D eigenvalue weighted by molar-refractivity contribution is 6.31. The maximum Gasteiger partial charge on any atom is 0.162 e. The van der Waals surface area contributed by atoms with Gasteiger partial charge in [0.25, 0.3) is 0 Å². The third-order valence-electron chi connectivity index (χ3n) is 2.33. The van der Waals surface area contributed by atoms with E-state index >= 15 is 0 Å². The second kappa shape index (κ2) is 4.73. The van der Waals surface area contributed by atoms with Crippen LogP contribution in [0.15, 0.2) is 12.1 Å². The van der Waals surface area contributed by atoms with Gasteiger partial charge >= 0.3 is 0 Å². The van der Waals surface area contributed by atoms with Gasteiger partial charge in [-0.05, 0) is 24.6 Å². The monoisotopic (exact) mass is 227 g/mol. The maximum atomic E-state index is 6.10. The summed E-state index contributed by atoms with van der Waals surface area (Å²) in [6, 6.07) is 3.74. The van der Waals surface area contributed by atoms with E-state index in [4.69, 9.17) is 26.8 Å². The first kappa shape index (κ1) is 10.6. The number of hydrogen-bond donors (Lipinski definition) is 1. The van der Waals surface area contributed by atoms with Crippen molar-refractivity contribution in [2.75, 3.05) is 19.8 Å². The van der Waals surface area contributed by atoms with Crippen LogP contribution in [0.3, 0.4) is 0 Å². The zero-order valence-corrected chi connectivity index (χ0v) is 9.22. The van der Waals surface area contributed by atoms with Crippen LogP contribution in [-0.4, -0.2) is 19.8 Å². The summed E-state index contributed by atoms with van der Waals surface area (Å²) in [6.07, 6.45) is 1.66. The highest BCUT2D eigenvalue weighted by Crippen LogP contribution is 2.35. The lowest BCUT2D eigenvalue weighted by Gasteiger charge is -2.10. The van der Waals surface area contributed by atoms with E-state index in [2.05, 4.69) is 0 Å². The van der Waals surface area contributed by atoms with E-state index in [9.17, 15) is 0 Å². The number of rotatable bonds is 2. The van der Waals surface area contributed by atoms with Crippen LogP contribution in [0.4, 0.5) is 0 Å². The normalized spacial score (nSPS) is 14.8. The molecule has 1 aliphatic heterocycles. The standard InChI is InChI=1S/C11H14ClNO2/c12-9-7-11-10(6-8(9)2-3-13)14-4-1-5-15-11/h6-7H,1-5,13H2. The van der Waals surface area contributed by atoms with Gasteiger partial charge in [0.05, 0.1) is 13.2 Å². The van der Waals surface area contributed by atoms with E-state index in [0.717, 1.165) is 29.9 Å². The summed E-state index contributed by atoms with van der Waals surface area (Å²) in [4.78, 5) is 0. The van der Waals surface area contributed by atoms with Gasteiger partial charge in [0.15, 0.2) is 11.5 Å². The fourth-order valence-electron chi connectivity index (χ4n) is 1.57. The molecule has 0 saturated heterocycles. The summed E-state index contributed by atoms with van der Waals surface area (Å²) in [7, 11) is 0. The van der Waals surface area contributed by atoms with E-state index in [0.29, 0.717) is 24.8 Å². The molecule has 0 spiro atoms. The maximum absolute atomic E-state index is 6.10. The number of fused-ring (bicyclic) bond motifs is 1. The molecule has 3 nitrogen and oxygen atoms in total. The summed E-state index contributed by atoms with van der Waals surface area (Å²) in [6.45, 7) is 1.95. The Morgan fingerprint density at radius 1 is 1.20 bits per heavy atom. The minimum absolute atomic E-state index is 0.583. The Balaban J connectivity index is 2.33. The Labute approximate surface area is 94.1 Å². The zero-order chi connectivity index (χ0) is 10.7. The molecule has 1 aromatic carbocycles. The van der Waals surface area contributed by atoms with Crippen molar-refractivity contribution < 1.29 is 9.47 Å². The zero-order valence-electron chi connectivity index (χ0n) is 8.46. The van der Waals surface area contributed by atoms with Gasteiger partial charge in [0.1, 0.15) is 0 Å². The third-order valence-corrected chi connectivity index (χ3v) is 2.68. The molecular formula is C11H14ClNO2. The average Bonchev–Trinajstić information content (AvgIpc) is 2.44. The van der Waals surface area contributed by atoms with Crippen LogP contribution in [0.25, 0.3) is 0 Å². The predicted molar refractivity (Wildman–Crippen MR) is 59.8 cm³/mol. The van der Waals surface area contributed by atoms with Crippen LogP contribution in [0.2, 0.25) is 5.02 Å². The van der Waals surface area contributed by atoms with Crippen molar-refractivity contribution in [2.24, 2.45) is 5.73 Å². The average molecular weight is 228 g/mol. The predicted octanol–water partition coefficient (Wildman–Crippen LogP) is 2.00. The number of ether oxygens (including phenoxy) is 2. The van der Waals surface area contributed by atoms with Crippen molar-refractivity contribution in [1.82, 2.24) is 0 Å². The van der Waals surface area contributed by atoms with E-state index in [1.807, 2.05) is 12.1 Å². The fraction of sp³-hybridized carbons (Fsp3) is 0.455. The van der Waals surface area contributed by atoms with Gasteiger partial charge in [-0.3, -0.25) is 0 Å². The van der Waals surface area contributed by atoms with Crippen LogP contribution >= 0.6 is 11.6 Å². The Morgan fingerprint density at radius 3 is 2.53 bits per heavy atom. The first-order chi connectivity index (χ1) is 7.31. The van der Waals surface area contributed by atoms with Crippen LogP contribution in [0.1, 0.15) is 12.0 Å². The molecule has 0 aliphatic carbocycles. The quantitative estimate of drug-likeness (QED) is 0.841. The van der Waals surface area contributed by atoms with Gasteiger partial charge in [0, 0.05) is 17.5 Å². The molecule has 0 saturated carbocycles. The van der Waals surface area contributed by atoms with Crippen LogP contribution < -0.4 is 15.2 Å². The molecule has 0 unspecified atom stereocenters.